The average molecular weight is 373 g/mol. The maximum absolute atomic E-state index is 15.0. The number of carboxylic acid groups (broad SMARTS) is 1. The van der Waals surface area contributed by atoms with Gasteiger partial charge in [0, 0.05) is 42.8 Å². The molecule has 0 radical (unpaired) electrons. The van der Waals surface area contributed by atoms with Gasteiger partial charge in [-0.1, -0.05) is 0 Å². The fourth-order valence-corrected chi connectivity index (χ4v) is 4.20. The van der Waals surface area contributed by atoms with Gasteiger partial charge in [0.15, 0.2) is 0 Å². The number of carboxylic acids is 1. The van der Waals surface area contributed by atoms with E-state index < -0.39 is 17.2 Å². The lowest BCUT2D eigenvalue weighted by atomic mass is 10.1. The summed E-state index contributed by atoms with van der Waals surface area (Å²) in [6, 6.07) is 3.37. The van der Waals surface area contributed by atoms with Crippen molar-refractivity contribution in [2.75, 3.05) is 31.2 Å². The summed E-state index contributed by atoms with van der Waals surface area (Å²) < 4.78 is 22.3. The van der Waals surface area contributed by atoms with Crippen molar-refractivity contribution in [1.82, 2.24) is 9.88 Å². The number of nitrogens with zero attached hydrogens (tertiary/aromatic N) is 2. The molecule has 27 heavy (non-hydrogen) atoms. The molecule has 8 heteroatoms. The van der Waals surface area contributed by atoms with Crippen LogP contribution in [0.2, 0.25) is 0 Å². The highest BCUT2D eigenvalue weighted by Gasteiger charge is 2.33. The number of fused-ring (bicyclic) bond motifs is 3. The Hall–Kier alpha value is -2.45. The van der Waals surface area contributed by atoms with Crippen molar-refractivity contribution in [1.29, 1.82) is 0 Å². The number of nitrogens with one attached hydrogen (secondary N) is 1. The Morgan fingerprint density at radius 3 is 2.56 bits per heavy atom. The molecule has 3 fully saturated rings. The summed E-state index contributed by atoms with van der Waals surface area (Å²) in [6.45, 7) is 2.44. The standard InChI is InChI=1S/C19H20FN3O4/c20-15-3-13-16(23(12-1-2-12)7-14(18(13)24)19(25)26)4-17(15)22-5-10-8-27-9-11(6-22)21-10/h3-4,7,10-12,21H,1-2,5-6,8-9H2,(H,25,26). The minimum atomic E-state index is -1.28. The van der Waals surface area contributed by atoms with Gasteiger partial charge in [-0.3, -0.25) is 4.79 Å². The van der Waals surface area contributed by atoms with Gasteiger partial charge in [0.05, 0.1) is 24.4 Å². The molecule has 1 saturated carbocycles. The Balaban J connectivity index is 1.66. The highest BCUT2D eigenvalue weighted by Crippen LogP contribution is 2.38. The van der Waals surface area contributed by atoms with E-state index in [4.69, 9.17) is 4.74 Å². The third-order valence-electron chi connectivity index (χ3n) is 5.60. The van der Waals surface area contributed by atoms with Crippen molar-refractivity contribution in [3.63, 3.8) is 0 Å². The van der Waals surface area contributed by atoms with Crippen LogP contribution in [0.5, 0.6) is 0 Å². The first-order valence-corrected chi connectivity index (χ1v) is 9.21. The quantitative estimate of drug-likeness (QED) is 0.845. The molecule has 3 aliphatic rings. The fourth-order valence-electron chi connectivity index (χ4n) is 4.20. The van der Waals surface area contributed by atoms with Gasteiger partial charge in [-0.05, 0) is 25.0 Å². The molecular weight excluding hydrogens is 353 g/mol. The number of morpholine rings is 1. The summed E-state index contributed by atoms with van der Waals surface area (Å²) in [6.07, 6.45) is 3.27. The number of benzene rings is 1. The number of piperazine rings is 1. The molecule has 2 atom stereocenters. The lowest BCUT2D eigenvalue weighted by Crippen LogP contribution is -2.63. The second-order valence-corrected chi connectivity index (χ2v) is 7.64. The van der Waals surface area contributed by atoms with Gasteiger partial charge in [-0.25, -0.2) is 9.18 Å². The van der Waals surface area contributed by atoms with E-state index >= 15 is 0 Å². The number of hydrogen-bond donors (Lipinski definition) is 2. The average Bonchev–Trinajstić information content (AvgIpc) is 3.46. The molecule has 0 spiro atoms. The Bertz CT molecular complexity index is 989. The van der Waals surface area contributed by atoms with E-state index in [0.717, 1.165) is 12.8 Å². The summed E-state index contributed by atoms with van der Waals surface area (Å²) >= 11 is 0. The lowest BCUT2D eigenvalue weighted by molar-refractivity contribution is 0.0375. The van der Waals surface area contributed by atoms with Crippen LogP contribution in [0.15, 0.2) is 23.1 Å². The largest absolute Gasteiger partial charge is 0.477 e. The Kier molecular flexibility index (Phi) is 3.73. The molecule has 2 saturated heterocycles. The van der Waals surface area contributed by atoms with Crippen molar-refractivity contribution in [3.8, 4) is 0 Å². The summed E-state index contributed by atoms with van der Waals surface area (Å²) in [5.41, 5.74) is 0.113. The molecule has 2 unspecified atom stereocenters. The lowest BCUT2D eigenvalue weighted by Gasteiger charge is -2.43. The van der Waals surface area contributed by atoms with E-state index in [9.17, 15) is 19.1 Å². The molecule has 5 rings (SSSR count). The zero-order valence-corrected chi connectivity index (χ0v) is 14.7. The Labute approximate surface area is 154 Å². The molecule has 2 N–H and O–H groups in total. The normalized spacial score (nSPS) is 25.0. The molecule has 1 aliphatic carbocycles. The maximum Gasteiger partial charge on any atom is 0.341 e. The van der Waals surface area contributed by atoms with Crippen LogP contribution >= 0.6 is 0 Å². The molecule has 3 heterocycles. The molecule has 2 bridgehead atoms. The number of aromatic nitrogens is 1. The number of hydrogen-bond acceptors (Lipinski definition) is 5. The first kappa shape index (κ1) is 16.7. The van der Waals surface area contributed by atoms with Crippen molar-refractivity contribution in [3.05, 3.63) is 39.9 Å². The third-order valence-corrected chi connectivity index (χ3v) is 5.60. The highest BCUT2D eigenvalue weighted by molar-refractivity contribution is 5.93. The molecule has 1 aromatic heterocycles. The number of ether oxygens (including phenoxy) is 1. The number of carbonyl (C=O) groups is 1. The van der Waals surface area contributed by atoms with Gasteiger partial charge >= 0.3 is 5.97 Å². The molecule has 2 aromatic rings. The second-order valence-electron chi connectivity index (χ2n) is 7.64. The van der Waals surface area contributed by atoms with Gasteiger partial charge in [0.1, 0.15) is 11.4 Å². The van der Waals surface area contributed by atoms with Gasteiger partial charge < -0.3 is 24.6 Å². The van der Waals surface area contributed by atoms with Crippen LogP contribution in [0, 0.1) is 5.82 Å². The molecule has 0 amide bonds. The zero-order chi connectivity index (χ0) is 18.7. The molecule has 1 aromatic carbocycles. The summed E-state index contributed by atoms with van der Waals surface area (Å²) in [4.78, 5) is 26.0. The van der Waals surface area contributed by atoms with Gasteiger partial charge in [-0.2, -0.15) is 0 Å². The smallest absolute Gasteiger partial charge is 0.341 e. The van der Waals surface area contributed by atoms with Crippen molar-refractivity contribution in [2.24, 2.45) is 0 Å². The molecule has 2 aliphatic heterocycles. The number of rotatable bonds is 3. The number of aromatic carboxylic acids is 1. The van der Waals surface area contributed by atoms with Crippen LogP contribution in [-0.4, -0.2) is 54.0 Å². The first-order valence-electron chi connectivity index (χ1n) is 9.21. The van der Waals surface area contributed by atoms with E-state index in [1.54, 1.807) is 6.07 Å². The number of pyridine rings is 1. The van der Waals surface area contributed by atoms with Gasteiger partial charge in [0.25, 0.3) is 0 Å². The fraction of sp³-hybridized carbons (Fsp3) is 0.474. The van der Waals surface area contributed by atoms with Crippen molar-refractivity contribution < 1.29 is 19.0 Å². The van der Waals surface area contributed by atoms with Crippen LogP contribution in [0.1, 0.15) is 29.2 Å². The Morgan fingerprint density at radius 2 is 1.93 bits per heavy atom. The van der Waals surface area contributed by atoms with Crippen LogP contribution in [-0.2, 0) is 4.74 Å². The minimum absolute atomic E-state index is 0.127. The zero-order valence-electron chi connectivity index (χ0n) is 14.7. The molecule has 7 nitrogen and oxygen atoms in total. The summed E-state index contributed by atoms with van der Waals surface area (Å²) in [5.74, 6) is -1.78. The first-order chi connectivity index (χ1) is 13.0. The van der Waals surface area contributed by atoms with Crippen LogP contribution < -0.4 is 15.6 Å². The highest BCUT2D eigenvalue weighted by atomic mass is 19.1. The van der Waals surface area contributed by atoms with Crippen LogP contribution in [0.3, 0.4) is 0 Å². The summed E-state index contributed by atoms with van der Waals surface area (Å²) in [7, 11) is 0. The van der Waals surface area contributed by atoms with Crippen molar-refractivity contribution in [2.45, 2.75) is 31.0 Å². The molecule has 142 valence electrons. The third kappa shape index (κ3) is 2.80. The maximum atomic E-state index is 15.0. The van der Waals surface area contributed by atoms with Gasteiger partial charge in [0.2, 0.25) is 5.43 Å². The van der Waals surface area contributed by atoms with E-state index in [0.29, 0.717) is 37.5 Å². The Morgan fingerprint density at radius 1 is 1.22 bits per heavy atom. The topological polar surface area (TPSA) is 83.8 Å². The van der Waals surface area contributed by atoms with Crippen LogP contribution in [0.25, 0.3) is 10.9 Å². The van der Waals surface area contributed by atoms with Crippen molar-refractivity contribution >= 4 is 22.6 Å². The number of halogens is 1. The predicted molar refractivity (Wildman–Crippen MR) is 97.1 cm³/mol. The molecular formula is C19H20FN3O4. The van der Waals surface area contributed by atoms with E-state index in [1.807, 2.05) is 9.47 Å². The monoisotopic (exact) mass is 373 g/mol. The predicted octanol–water partition coefficient (Wildman–Crippen LogP) is 1.35. The van der Waals surface area contributed by atoms with Gasteiger partial charge in [-0.15, -0.1) is 0 Å². The SMILES string of the molecule is O=C(O)c1cn(C2CC2)c2cc(N3CC4COCC(C3)N4)c(F)cc2c1=O. The van der Waals surface area contributed by atoms with E-state index in [2.05, 4.69) is 5.32 Å². The van der Waals surface area contributed by atoms with E-state index in [1.165, 1.54) is 12.3 Å². The second kappa shape index (κ2) is 6.03. The number of anilines is 1. The minimum Gasteiger partial charge on any atom is -0.477 e. The van der Waals surface area contributed by atoms with E-state index in [-0.39, 0.29) is 29.1 Å². The van der Waals surface area contributed by atoms with Crippen LogP contribution in [0.4, 0.5) is 10.1 Å². The summed E-state index contributed by atoms with van der Waals surface area (Å²) in [5, 5.41) is 12.9.